The van der Waals surface area contributed by atoms with E-state index in [0.717, 1.165) is 22.0 Å². The van der Waals surface area contributed by atoms with E-state index >= 15 is 0 Å². The van der Waals surface area contributed by atoms with Crippen molar-refractivity contribution >= 4 is 43.7 Å². The van der Waals surface area contributed by atoms with Crippen LogP contribution in [0.3, 0.4) is 0 Å². The topological polar surface area (TPSA) is 128 Å². The van der Waals surface area contributed by atoms with Crippen LogP contribution in [0.4, 0.5) is 19.6 Å². The van der Waals surface area contributed by atoms with Crippen molar-refractivity contribution in [1.82, 2.24) is 19.6 Å². The van der Waals surface area contributed by atoms with Crippen molar-refractivity contribution in [2.45, 2.75) is 11.3 Å². The summed E-state index contributed by atoms with van der Waals surface area (Å²) >= 11 is 1.13. The molecular formula is C24H18F2N6O4S2. The maximum Gasteiger partial charge on any atom is 0.280 e. The first-order valence-corrected chi connectivity index (χ1v) is 13.3. The van der Waals surface area contributed by atoms with Crippen LogP contribution in [-0.2, 0) is 10.0 Å². The van der Waals surface area contributed by atoms with Crippen LogP contribution in [0.2, 0.25) is 0 Å². The van der Waals surface area contributed by atoms with E-state index in [1.807, 2.05) is 0 Å². The van der Waals surface area contributed by atoms with Gasteiger partial charge < -0.3 is 10.1 Å². The van der Waals surface area contributed by atoms with Gasteiger partial charge in [-0.25, -0.2) is 31.7 Å². The summed E-state index contributed by atoms with van der Waals surface area (Å²) in [5.74, 6) is -0.0674. The Hall–Kier alpha value is -4.43. The van der Waals surface area contributed by atoms with Crippen LogP contribution in [0.5, 0.6) is 5.75 Å². The Kier molecular flexibility index (Phi) is 6.73. The second-order valence-electron chi connectivity index (χ2n) is 7.81. The van der Waals surface area contributed by atoms with E-state index in [0.29, 0.717) is 11.3 Å². The summed E-state index contributed by atoms with van der Waals surface area (Å²) in [5.41, 5.74) is 0.533. The average Bonchev–Trinajstić information content (AvgIpc) is 3.58. The number of halogens is 2. The molecule has 0 bridgehead atoms. The lowest BCUT2D eigenvalue weighted by atomic mass is 10.1. The summed E-state index contributed by atoms with van der Waals surface area (Å²) in [7, 11) is -2.35. The molecule has 5 aromatic rings. The van der Waals surface area contributed by atoms with Crippen molar-refractivity contribution in [1.29, 1.82) is 0 Å². The summed E-state index contributed by atoms with van der Waals surface area (Å²) in [4.78, 5) is 21.3. The van der Waals surface area contributed by atoms with Crippen LogP contribution >= 0.6 is 11.3 Å². The van der Waals surface area contributed by atoms with Crippen molar-refractivity contribution in [3.8, 4) is 17.0 Å². The fourth-order valence-corrected chi connectivity index (χ4v) is 5.36. The third-order valence-electron chi connectivity index (χ3n) is 5.43. The number of anilines is 2. The number of nitrogens with zero attached hydrogens (tertiary/aromatic N) is 4. The fourth-order valence-electron chi connectivity index (χ4n) is 3.57. The first-order valence-electron chi connectivity index (χ1n) is 10.9. The van der Waals surface area contributed by atoms with E-state index in [1.165, 1.54) is 43.6 Å². The first-order chi connectivity index (χ1) is 18.2. The third-order valence-corrected chi connectivity index (χ3v) is 7.60. The maximum absolute atomic E-state index is 13.9. The zero-order chi connectivity index (χ0) is 26.9. The standard InChI is InChI=1S/C24H18F2N6O4S2/c1-36-16-6-2-14(3-7-16)19-12-20(21(25)26)32-22(30-19)18(13-28-32)23(33)29-15-4-8-17(9-5-15)38(34,35)31-24-27-10-11-37-24/h2-13,21H,1H3,(H,27,31)(H,29,33). The first kappa shape index (κ1) is 25.2. The van der Waals surface area contributed by atoms with Crippen LogP contribution < -0.4 is 14.8 Å². The molecule has 0 aliphatic heterocycles. The number of alkyl halides is 2. The molecule has 0 unspecified atom stereocenters. The highest BCUT2D eigenvalue weighted by atomic mass is 32.2. The minimum atomic E-state index is -3.87. The molecule has 0 saturated heterocycles. The molecule has 1 amide bonds. The number of thiazole rings is 1. The molecule has 0 atom stereocenters. The number of amides is 1. The molecule has 194 valence electrons. The Labute approximate surface area is 219 Å². The zero-order valence-corrected chi connectivity index (χ0v) is 21.1. The molecule has 14 heteroatoms. The molecule has 0 aliphatic carbocycles. The normalized spacial score (nSPS) is 11.6. The van der Waals surface area contributed by atoms with Gasteiger partial charge in [0.25, 0.3) is 22.4 Å². The van der Waals surface area contributed by atoms with E-state index in [9.17, 15) is 22.0 Å². The second kappa shape index (κ2) is 10.1. The van der Waals surface area contributed by atoms with Gasteiger partial charge in [-0.15, -0.1) is 11.3 Å². The molecule has 38 heavy (non-hydrogen) atoms. The van der Waals surface area contributed by atoms with Crippen LogP contribution in [0.25, 0.3) is 16.9 Å². The Bertz CT molecular complexity index is 1710. The summed E-state index contributed by atoms with van der Waals surface area (Å²) in [5, 5.41) is 8.43. The molecule has 0 radical (unpaired) electrons. The quantitative estimate of drug-likeness (QED) is 0.280. The van der Waals surface area contributed by atoms with Gasteiger partial charge in [0.1, 0.15) is 17.0 Å². The number of hydrogen-bond acceptors (Lipinski definition) is 8. The molecule has 5 rings (SSSR count). The van der Waals surface area contributed by atoms with Gasteiger partial charge in [0.15, 0.2) is 10.8 Å². The van der Waals surface area contributed by atoms with E-state index in [2.05, 4.69) is 25.1 Å². The highest BCUT2D eigenvalue weighted by Gasteiger charge is 2.22. The number of methoxy groups -OCH3 is 1. The van der Waals surface area contributed by atoms with Gasteiger partial charge in [-0.2, -0.15) is 5.10 Å². The van der Waals surface area contributed by atoms with E-state index in [1.54, 1.807) is 29.6 Å². The van der Waals surface area contributed by atoms with Gasteiger partial charge in [0.05, 0.1) is 23.9 Å². The lowest BCUT2D eigenvalue weighted by molar-refractivity contribution is 0.102. The van der Waals surface area contributed by atoms with Crippen molar-refractivity contribution in [2.75, 3.05) is 17.1 Å². The van der Waals surface area contributed by atoms with Gasteiger partial charge >= 0.3 is 0 Å². The summed E-state index contributed by atoms with van der Waals surface area (Å²) in [6.07, 6.45) is -0.250. The highest BCUT2D eigenvalue weighted by Crippen LogP contribution is 2.28. The third kappa shape index (κ3) is 5.03. The molecule has 0 saturated carbocycles. The number of carbonyl (C=O) groups excluding carboxylic acids is 1. The van der Waals surface area contributed by atoms with E-state index in [-0.39, 0.29) is 32.6 Å². The summed E-state index contributed by atoms with van der Waals surface area (Å²) in [6.45, 7) is 0. The molecule has 2 N–H and O–H groups in total. The van der Waals surface area contributed by atoms with Crippen molar-refractivity contribution in [3.63, 3.8) is 0 Å². The molecule has 3 heterocycles. The van der Waals surface area contributed by atoms with Crippen LogP contribution in [0, 0.1) is 0 Å². The van der Waals surface area contributed by atoms with Crippen LogP contribution in [-0.4, -0.2) is 41.0 Å². The Morgan fingerprint density at radius 2 is 1.84 bits per heavy atom. The second-order valence-corrected chi connectivity index (χ2v) is 10.4. The lowest BCUT2D eigenvalue weighted by Crippen LogP contribution is -2.14. The van der Waals surface area contributed by atoms with Crippen molar-refractivity contribution in [3.05, 3.63) is 83.6 Å². The fraction of sp³-hybridized carbons (Fsp3) is 0.0833. The van der Waals surface area contributed by atoms with Crippen molar-refractivity contribution < 1.29 is 26.7 Å². The monoisotopic (exact) mass is 556 g/mol. The molecule has 0 spiro atoms. The number of aromatic nitrogens is 4. The van der Waals surface area contributed by atoms with Gasteiger partial charge in [-0.3, -0.25) is 9.52 Å². The lowest BCUT2D eigenvalue weighted by Gasteiger charge is -2.10. The predicted molar refractivity (Wildman–Crippen MR) is 137 cm³/mol. The van der Waals surface area contributed by atoms with Gasteiger partial charge in [-0.1, -0.05) is 0 Å². The SMILES string of the molecule is COc1ccc(-c2cc(C(F)F)n3ncc(C(=O)Nc4ccc(S(=O)(=O)Nc5nccs5)cc4)c3n2)cc1. The van der Waals surface area contributed by atoms with Gasteiger partial charge in [-0.05, 0) is 54.6 Å². The molecule has 3 aromatic heterocycles. The van der Waals surface area contributed by atoms with Crippen molar-refractivity contribution in [2.24, 2.45) is 0 Å². The largest absolute Gasteiger partial charge is 0.497 e. The number of fused-ring (bicyclic) bond motifs is 1. The maximum atomic E-state index is 13.9. The molecular weight excluding hydrogens is 538 g/mol. The minimum Gasteiger partial charge on any atom is -0.497 e. The number of sulfonamides is 1. The predicted octanol–water partition coefficient (Wildman–Crippen LogP) is 4.85. The number of nitrogens with one attached hydrogen (secondary N) is 2. The van der Waals surface area contributed by atoms with Gasteiger partial charge in [0, 0.05) is 22.8 Å². The highest BCUT2D eigenvalue weighted by molar-refractivity contribution is 7.93. The Morgan fingerprint density at radius 3 is 2.47 bits per heavy atom. The number of hydrogen-bond donors (Lipinski definition) is 2. The average molecular weight is 557 g/mol. The number of carbonyl (C=O) groups is 1. The Morgan fingerprint density at radius 1 is 1.11 bits per heavy atom. The summed E-state index contributed by atoms with van der Waals surface area (Å²) < 4.78 is 61.2. The Balaban J connectivity index is 1.43. The van der Waals surface area contributed by atoms with Crippen LogP contribution in [0.15, 0.2) is 77.3 Å². The molecule has 0 fully saturated rings. The zero-order valence-electron chi connectivity index (χ0n) is 19.5. The number of benzene rings is 2. The molecule has 10 nitrogen and oxygen atoms in total. The van der Waals surface area contributed by atoms with E-state index in [4.69, 9.17) is 4.74 Å². The van der Waals surface area contributed by atoms with E-state index < -0.39 is 28.0 Å². The summed E-state index contributed by atoms with van der Waals surface area (Å²) in [6, 6.07) is 13.3. The number of ether oxygens (including phenoxy) is 1. The minimum absolute atomic E-state index is 0.0333. The van der Waals surface area contributed by atoms with Crippen LogP contribution in [0.1, 0.15) is 22.5 Å². The molecule has 0 aliphatic rings. The molecule has 2 aromatic carbocycles. The smallest absolute Gasteiger partial charge is 0.280 e. The number of rotatable bonds is 8. The van der Waals surface area contributed by atoms with Gasteiger partial charge in [0.2, 0.25) is 0 Å².